The largest absolute Gasteiger partial charge is 0.464 e. The Labute approximate surface area is 100.0 Å². The fourth-order valence-corrected chi connectivity index (χ4v) is 2.02. The monoisotopic (exact) mass is 261 g/mol. The standard InChI is InChI=1S/C10H6Cl2FNO2/c11-4-5-3-6-7(12)1-2-8(13)9(6)14(5)10(15)16/h1-3H,4H2,(H,15,16). The summed E-state index contributed by atoms with van der Waals surface area (Å²) in [7, 11) is 0. The van der Waals surface area contributed by atoms with Crippen LogP contribution in [0.3, 0.4) is 0 Å². The first-order valence-corrected chi connectivity index (χ1v) is 5.25. The van der Waals surface area contributed by atoms with Gasteiger partial charge < -0.3 is 5.11 Å². The van der Waals surface area contributed by atoms with Crippen molar-refractivity contribution in [2.75, 3.05) is 0 Å². The van der Waals surface area contributed by atoms with E-state index in [1.54, 1.807) is 0 Å². The first-order chi connectivity index (χ1) is 7.56. The van der Waals surface area contributed by atoms with Crippen molar-refractivity contribution >= 4 is 40.2 Å². The predicted molar refractivity (Wildman–Crippen MR) is 59.9 cm³/mol. The molecule has 84 valence electrons. The van der Waals surface area contributed by atoms with Crippen LogP contribution in [0, 0.1) is 5.82 Å². The molecule has 0 aliphatic carbocycles. The van der Waals surface area contributed by atoms with Crippen molar-refractivity contribution in [1.29, 1.82) is 0 Å². The summed E-state index contributed by atoms with van der Waals surface area (Å²) in [6.45, 7) is 0. The molecule has 3 nitrogen and oxygen atoms in total. The van der Waals surface area contributed by atoms with Crippen molar-refractivity contribution in [1.82, 2.24) is 4.57 Å². The van der Waals surface area contributed by atoms with Gasteiger partial charge in [-0.25, -0.2) is 13.8 Å². The maximum Gasteiger partial charge on any atom is 0.416 e. The molecule has 0 bridgehead atoms. The first-order valence-electron chi connectivity index (χ1n) is 4.34. The van der Waals surface area contributed by atoms with E-state index in [4.69, 9.17) is 28.3 Å². The number of hydrogen-bond donors (Lipinski definition) is 1. The average molecular weight is 262 g/mol. The van der Waals surface area contributed by atoms with Crippen LogP contribution in [-0.4, -0.2) is 15.8 Å². The lowest BCUT2D eigenvalue weighted by molar-refractivity contribution is 0.196. The Bertz CT molecular complexity index is 580. The van der Waals surface area contributed by atoms with E-state index in [1.165, 1.54) is 12.1 Å². The van der Waals surface area contributed by atoms with Gasteiger partial charge in [-0.3, -0.25) is 0 Å². The second-order valence-corrected chi connectivity index (χ2v) is 3.85. The SMILES string of the molecule is O=C(O)n1c(CCl)cc2c(Cl)ccc(F)c21. The maximum atomic E-state index is 13.6. The normalized spacial score (nSPS) is 10.9. The third-order valence-corrected chi connectivity index (χ3v) is 2.87. The van der Waals surface area contributed by atoms with Crippen LogP contribution in [0.4, 0.5) is 9.18 Å². The topological polar surface area (TPSA) is 42.2 Å². The molecule has 0 amide bonds. The summed E-state index contributed by atoms with van der Waals surface area (Å²) < 4.78 is 14.4. The smallest absolute Gasteiger partial charge is 0.416 e. The molecule has 0 unspecified atom stereocenters. The van der Waals surface area contributed by atoms with Gasteiger partial charge in [-0.05, 0) is 18.2 Å². The number of fused-ring (bicyclic) bond motifs is 1. The molecule has 2 aromatic rings. The zero-order valence-corrected chi connectivity index (χ0v) is 9.39. The van der Waals surface area contributed by atoms with Crippen LogP contribution in [0.25, 0.3) is 10.9 Å². The Balaban J connectivity index is 2.94. The average Bonchev–Trinajstić information content (AvgIpc) is 2.64. The van der Waals surface area contributed by atoms with E-state index in [2.05, 4.69) is 0 Å². The highest BCUT2D eigenvalue weighted by atomic mass is 35.5. The quantitative estimate of drug-likeness (QED) is 0.796. The summed E-state index contributed by atoms with van der Waals surface area (Å²) in [5, 5.41) is 9.63. The number of aromatic nitrogens is 1. The molecule has 1 aromatic carbocycles. The van der Waals surface area contributed by atoms with Crippen LogP contribution in [0.5, 0.6) is 0 Å². The van der Waals surface area contributed by atoms with E-state index >= 15 is 0 Å². The van der Waals surface area contributed by atoms with Crippen molar-refractivity contribution in [3.8, 4) is 0 Å². The summed E-state index contributed by atoms with van der Waals surface area (Å²) in [4.78, 5) is 11.0. The number of nitrogens with zero attached hydrogens (tertiary/aromatic N) is 1. The Hall–Kier alpha value is -1.26. The van der Waals surface area contributed by atoms with Gasteiger partial charge >= 0.3 is 6.09 Å². The number of carboxylic acid groups (broad SMARTS) is 1. The molecular formula is C10H6Cl2FNO2. The first kappa shape index (κ1) is 11.2. The van der Waals surface area contributed by atoms with Crippen molar-refractivity contribution in [3.05, 3.63) is 34.7 Å². The van der Waals surface area contributed by atoms with Crippen LogP contribution >= 0.6 is 23.2 Å². The summed E-state index contributed by atoms with van der Waals surface area (Å²) in [6.07, 6.45) is -1.29. The molecule has 0 aliphatic heterocycles. The van der Waals surface area contributed by atoms with E-state index < -0.39 is 11.9 Å². The van der Waals surface area contributed by atoms with Crippen LogP contribution in [0.1, 0.15) is 5.69 Å². The van der Waals surface area contributed by atoms with Crippen LogP contribution in [-0.2, 0) is 5.88 Å². The van der Waals surface area contributed by atoms with Crippen LogP contribution < -0.4 is 0 Å². The molecular weight excluding hydrogens is 256 g/mol. The molecule has 0 fully saturated rings. The Kier molecular flexibility index (Phi) is 2.78. The summed E-state index contributed by atoms with van der Waals surface area (Å²) in [5.41, 5.74) is 0.229. The van der Waals surface area contributed by atoms with E-state index in [-0.39, 0.29) is 17.1 Å². The Morgan fingerprint density at radius 2 is 2.19 bits per heavy atom. The minimum Gasteiger partial charge on any atom is -0.464 e. The maximum absolute atomic E-state index is 13.6. The second-order valence-electron chi connectivity index (χ2n) is 3.18. The fraction of sp³-hybridized carbons (Fsp3) is 0.100. The number of rotatable bonds is 1. The fourth-order valence-electron chi connectivity index (χ4n) is 1.61. The van der Waals surface area contributed by atoms with Gasteiger partial charge in [0.2, 0.25) is 0 Å². The van der Waals surface area contributed by atoms with Gasteiger partial charge in [0.1, 0.15) is 5.82 Å². The van der Waals surface area contributed by atoms with Crippen LogP contribution in [0.2, 0.25) is 5.02 Å². The number of hydrogen-bond acceptors (Lipinski definition) is 1. The van der Waals surface area contributed by atoms with Crippen molar-refractivity contribution in [2.24, 2.45) is 0 Å². The number of halogens is 3. The summed E-state index contributed by atoms with van der Waals surface area (Å²) in [5.74, 6) is -0.672. The lowest BCUT2D eigenvalue weighted by Crippen LogP contribution is -2.11. The van der Waals surface area contributed by atoms with Crippen molar-refractivity contribution in [2.45, 2.75) is 5.88 Å². The van der Waals surface area contributed by atoms with Gasteiger partial charge in [-0.15, -0.1) is 11.6 Å². The van der Waals surface area contributed by atoms with Gasteiger partial charge in [0.25, 0.3) is 0 Å². The third-order valence-electron chi connectivity index (χ3n) is 2.26. The molecule has 0 aliphatic rings. The number of carbonyl (C=O) groups is 1. The highest BCUT2D eigenvalue weighted by molar-refractivity contribution is 6.35. The second kappa shape index (κ2) is 3.96. The molecule has 1 N–H and O–H groups in total. The molecule has 1 heterocycles. The predicted octanol–water partition coefficient (Wildman–Crippen LogP) is 3.70. The van der Waals surface area contributed by atoms with E-state index in [9.17, 15) is 9.18 Å². The summed E-state index contributed by atoms with van der Waals surface area (Å²) in [6, 6.07) is 3.98. The third kappa shape index (κ3) is 1.54. The molecule has 1 aromatic heterocycles. The van der Waals surface area contributed by atoms with E-state index in [0.29, 0.717) is 10.4 Å². The number of benzene rings is 1. The lowest BCUT2D eigenvalue weighted by Gasteiger charge is -2.02. The Morgan fingerprint density at radius 1 is 1.50 bits per heavy atom. The molecule has 16 heavy (non-hydrogen) atoms. The van der Waals surface area contributed by atoms with E-state index in [0.717, 1.165) is 10.6 Å². The highest BCUT2D eigenvalue weighted by Crippen LogP contribution is 2.29. The Morgan fingerprint density at radius 3 is 2.75 bits per heavy atom. The number of alkyl halides is 1. The van der Waals surface area contributed by atoms with Gasteiger partial charge in [-0.1, -0.05) is 11.6 Å². The molecule has 0 radical (unpaired) electrons. The molecule has 2 rings (SSSR count). The zero-order valence-electron chi connectivity index (χ0n) is 7.88. The van der Waals surface area contributed by atoms with Gasteiger partial charge in [0.05, 0.1) is 16.4 Å². The zero-order chi connectivity index (χ0) is 11.9. The molecule has 6 heteroatoms. The van der Waals surface area contributed by atoms with Crippen molar-refractivity contribution < 1.29 is 14.3 Å². The molecule has 0 saturated carbocycles. The highest BCUT2D eigenvalue weighted by Gasteiger charge is 2.18. The molecule has 0 atom stereocenters. The van der Waals surface area contributed by atoms with Crippen molar-refractivity contribution in [3.63, 3.8) is 0 Å². The lowest BCUT2D eigenvalue weighted by atomic mass is 10.2. The minimum absolute atomic E-state index is 0.0310. The minimum atomic E-state index is -1.29. The van der Waals surface area contributed by atoms with Gasteiger partial charge in [0.15, 0.2) is 0 Å². The van der Waals surface area contributed by atoms with Gasteiger partial charge in [0, 0.05) is 11.1 Å². The van der Waals surface area contributed by atoms with E-state index in [1.807, 2.05) is 0 Å². The summed E-state index contributed by atoms with van der Waals surface area (Å²) >= 11 is 11.5. The van der Waals surface area contributed by atoms with Crippen LogP contribution in [0.15, 0.2) is 18.2 Å². The van der Waals surface area contributed by atoms with Gasteiger partial charge in [-0.2, -0.15) is 0 Å². The molecule has 0 spiro atoms. The molecule has 0 saturated heterocycles.